The number of aliphatic hydroxyl groups excluding tert-OH is 1. The van der Waals surface area contributed by atoms with Crippen molar-refractivity contribution in [2.75, 3.05) is 6.61 Å². The Labute approximate surface area is 77.1 Å². The molecule has 0 aliphatic rings. The lowest BCUT2D eigenvalue weighted by Crippen LogP contribution is -2.34. The maximum absolute atomic E-state index is 12.2. The zero-order valence-corrected chi connectivity index (χ0v) is 7.92. The second-order valence-electron chi connectivity index (χ2n) is 2.77. The van der Waals surface area contributed by atoms with E-state index in [0.717, 1.165) is 0 Å². The van der Waals surface area contributed by atoms with Crippen molar-refractivity contribution < 1.29 is 19.0 Å². The summed E-state index contributed by atoms with van der Waals surface area (Å²) in [5.74, 6) is 0. The molecule has 0 fully saturated rings. The van der Waals surface area contributed by atoms with Crippen LogP contribution >= 0.6 is 0 Å². The summed E-state index contributed by atoms with van der Waals surface area (Å²) in [6.07, 6.45) is -2.00. The Morgan fingerprint density at radius 3 is 2.77 bits per heavy atom. The predicted octanol–water partition coefficient (Wildman–Crippen LogP) is 1.19. The Morgan fingerprint density at radius 1 is 1.69 bits per heavy atom. The maximum atomic E-state index is 12.2. The molecule has 0 aliphatic heterocycles. The van der Waals surface area contributed by atoms with E-state index in [9.17, 15) is 9.18 Å². The number of aliphatic hydroxyl groups is 1. The molecule has 2 atom stereocenters. The molecule has 2 unspecified atom stereocenters. The molecule has 0 aromatic heterocycles. The minimum absolute atomic E-state index is 0.0277. The number of rotatable bonds is 5. The van der Waals surface area contributed by atoms with Crippen LogP contribution < -0.4 is 5.32 Å². The molecule has 0 aromatic carbocycles. The summed E-state index contributed by atoms with van der Waals surface area (Å²) in [4.78, 5) is 10.8. The van der Waals surface area contributed by atoms with Crippen LogP contribution in [0.2, 0.25) is 0 Å². The van der Waals surface area contributed by atoms with Gasteiger partial charge >= 0.3 is 6.09 Å². The minimum Gasteiger partial charge on any atom is -0.449 e. The topological polar surface area (TPSA) is 58.6 Å². The molecule has 5 heteroatoms. The Balaban J connectivity index is 3.41. The molecule has 0 aliphatic carbocycles. The number of alkyl halides is 1. The summed E-state index contributed by atoms with van der Waals surface area (Å²) < 4.78 is 16.8. The summed E-state index contributed by atoms with van der Waals surface area (Å²) in [7, 11) is 0. The van der Waals surface area contributed by atoms with E-state index in [1.54, 1.807) is 6.92 Å². The van der Waals surface area contributed by atoms with E-state index in [1.165, 1.54) is 6.92 Å². The number of ether oxygens (including phenoxy) is 1. The molecule has 2 N–H and O–H groups in total. The molecule has 0 radical (unpaired) electrons. The van der Waals surface area contributed by atoms with E-state index >= 15 is 0 Å². The van der Waals surface area contributed by atoms with Gasteiger partial charge in [0.2, 0.25) is 0 Å². The SMILES string of the molecule is CCC(O)NC(=O)OCCC(C)F. The molecule has 0 spiro atoms. The standard InChI is InChI=1S/C8H16FNO3/c1-3-7(11)10-8(12)13-5-4-6(2)9/h6-7,11H,3-5H2,1-2H3,(H,10,12). The van der Waals surface area contributed by atoms with Gasteiger partial charge in [-0.15, -0.1) is 0 Å². The van der Waals surface area contributed by atoms with Gasteiger partial charge in [0.15, 0.2) is 0 Å². The summed E-state index contributed by atoms with van der Waals surface area (Å²) in [5, 5.41) is 11.1. The molecular weight excluding hydrogens is 177 g/mol. The van der Waals surface area contributed by atoms with Gasteiger partial charge in [-0.3, -0.25) is 5.32 Å². The summed E-state index contributed by atoms with van der Waals surface area (Å²) in [5.41, 5.74) is 0. The van der Waals surface area contributed by atoms with Crippen molar-refractivity contribution in [2.24, 2.45) is 0 Å². The van der Waals surface area contributed by atoms with Crippen molar-refractivity contribution >= 4 is 6.09 Å². The number of hydrogen-bond acceptors (Lipinski definition) is 3. The van der Waals surface area contributed by atoms with Crippen molar-refractivity contribution in [1.82, 2.24) is 5.32 Å². The Bertz CT molecular complexity index is 152. The predicted molar refractivity (Wildman–Crippen MR) is 46.0 cm³/mol. The van der Waals surface area contributed by atoms with E-state index in [4.69, 9.17) is 5.11 Å². The highest BCUT2D eigenvalue weighted by Gasteiger charge is 2.07. The molecule has 0 aromatic rings. The number of amides is 1. The van der Waals surface area contributed by atoms with E-state index in [2.05, 4.69) is 10.1 Å². The lowest BCUT2D eigenvalue weighted by Gasteiger charge is -2.10. The van der Waals surface area contributed by atoms with Crippen LogP contribution in [0.25, 0.3) is 0 Å². The lowest BCUT2D eigenvalue weighted by molar-refractivity contribution is 0.0923. The molecule has 0 rings (SSSR count). The fourth-order valence-electron chi connectivity index (χ4n) is 0.594. The molecule has 13 heavy (non-hydrogen) atoms. The highest BCUT2D eigenvalue weighted by Crippen LogP contribution is 1.96. The Hall–Kier alpha value is -0.840. The van der Waals surface area contributed by atoms with Gasteiger partial charge in [-0.2, -0.15) is 0 Å². The molecule has 1 amide bonds. The van der Waals surface area contributed by atoms with Crippen molar-refractivity contribution in [3.63, 3.8) is 0 Å². The van der Waals surface area contributed by atoms with Crippen LogP contribution in [-0.2, 0) is 4.74 Å². The van der Waals surface area contributed by atoms with E-state index in [1.807, 2.05) is 0 Å². The second kappa shape index (κ2) is 6.65. The van der Waals surface area contributed by atoms with Gasteiger partial charge < -0.3 is 9.84 Å². The van der Waals surface area contributed by atoms with Crippen LogP contribution in [0.3, 0.4) is 0 Å². The summed E-state index contributed by atoms with van der Waals surface area (Å²) in [6.45, 7) is 3.14. The van der Waals surface area contributed by atoms with Crippen molar-refractivity contribution in [2.45, 2.75) is 39.1 Å². The third kappa shape index (κ3) is 7.52. The van der Waals surface area contributed by atoms with Crippen molar-refractivity contribution in [3.8, 4) is 0 Å². The number of nitrogens with one attached hydrogen (secondary N) is 1. The van der Waals surface area contributed by atoms with Crippen LogP contribution in [-0.4, -0.2) is 30.2 Å². The Morgan fingerprint density at radius 2 is 2.31 bits per heavy atom. The van der Waals surface area contributed by atoms with Gasteiger partial charge in [-0.1, -0.05) is 6.92 Å². The van der Waals surface area contributed by atoms with Crippen LogP contribution in [0.15, 0.2) is 0 Å². The van der Waals surface area contributed by atoms with Crippen LogP contribution in [0.4, 0.5) is 9.18 Å². The lowest BCUT2D eigenvalue weighted by atomic mass is 10.3. The van der Waals surface area contributed by atoms with Gasteiger partial charge in [0, 0.05) is 6.42 Å². The van der Waals surface area contributed by atoms with Gasteiger partial charge in [0.25, 0.3) is 0 Å². The first kappa shape index (κ1) is 12.2. The number of hydrogen-bond donors (Lipinski definition) is 2. The first-order valence-electron chi connectivity index (χ1n) is 4.31. The number of carbonyl (C=O) groups is 1. The quantitative estimate of drug-likeness (QED) is 0.645. The average molecular weight is 193 g/mol. The molecule has 0 saturated heterocycles. The van der Waals surface area contributed by atoms with E-state index in [0.29, 0.717) is 6.42 Å². The second-order valence-corrected chi connectivity index (χ2v) is 2.77. The van der Waals surface area contributed by atoms with Crippen molar-refractivity contribution in [3.05, 3.63) is 0 Å². The zero-order valence-electron chi connectivity index (χ0n) is 7.92. The van der Waals surface area contributed by atoms with Gasteiger partial charge in [-0.25, -0.2) is 9.18 Å². The maximum Gasteiger partial charge on any atom is 0.409 e. The minimum atomic E-state index is -0.983. The molecule has 0 heterocycles. The molecule has 78 valence electrons. The summed E-state index contributed by atoms with van der Waals surface area (Å²) in [6, 6.07) is 0. The third-order valence-electron chi connectivity index (χ3n) is 1.42. The normalized spacial score (nSPS) is 14.8. The highest BCUT2D eigenvalue weighted by molar-refractivity contribution is 5.67. The number of carbonyl (C=O) groups excluding carboxylic acids is 1. The monoisotopic (exact) mass is 193 g/mol. The summed E-state index contributed by atoms with van der Waals surface area (Å²) >= 11 is 0. The molecule has 0 bridgehead atoms. The van der Waals surface area contributed by atoms with E-state index < -0.39 is 18.5 Å². The molecule has 4 nitrogen and oxygen atoms in total. The van der Waals surface area contributed by atoms with Crippen LogP contribution in [0.5, 0.6) is 0 Å². The van der Waals surface area contributed by atoms with Gasteiger partial charge in [0.05, 0.1) is 6.61 Å². The number of alkyl carbamates (subject to hydrolysis) is 1. The fraction of sp³-hybridized carbons (Fsp3) is 0.875. The smallest absolute Gasteiger partial charge is 0.409 e. The third-order valence-corrected chi connectivity index (χ3v) is 1.42. The zero-order chi connectivity index (χ0) is 10.3. The van der Waals surface area contributed by atoms with Crippen LogP contribution in [0, 0.1) is 0 Å². The number of halogens is 1. The van der Waals surface area contributed by atoms with Gasteiger partial charge in [0.1, 0.15) is 12.4 Å². The fourth-order valence-corrected chi connectivity index (χ4v) is 0.594. The largest absolute Gasteiger partial charge is 0.449 e. The first-order chi connectivity index (χ1) is 6.06. The highest BCUT2D eigenvalue weighted by atomic mass is 19.1. The van der Waals surface area contributed by atoms with Crippen LogP contribution in [0.1, 0.15) is 26.7 Å². The van der Waals surface area contributed by atoms with E-state index in [-0.39, 0.29) is 13.0 Å². The Kier molecular flexibility index (Phi) is 6.22. The molecular formula is C8H16FNO3. The molecule has 0 saturated carbocycles. The average Bonchev–Trinajstić information content (AvgIpc) is 2.03. The first-order valence-corrected chi connectivity index (χ1v) is 4.31. The van der Waals surface area contributed by atoms with Crippen molar-refractivity contribution in [1.29, 1.82) is 0 Å². The van der Waals surface area contributed by atoms with Gasteiger partial charge in [-0.05, 0) is 13.3 Å².